The molecule has 2 aromatic carbocycles. The van der Waals surface area contributed by atoms with Crippen molar-refractivity contribution < 1.29 is 33.0 Å². The van der Waals surface area contributed by atoms with Gasteiger partial charge in [-0.1, -0.05) is 5.16 Å². The summed E-state index contributed by atoms with van der Waals surface area (Å²) in [5.74, 6) is -0.879. The molecule has 0 unspecified atom stereocenters. The molecular formula is C19H18Br2N2O7S. The van der Waals surface area contributed by atoms with Crippen LogP contribution in [0, 0.1) is 0 Å². The Labute approximate surface area is 195 Å². The lowest BCUT2D eigenvalue weighted by Gasteiger charge is -2.17. The van der Waals surface area contributed by atoms with Gasteiger partial charge in [0.2, 0.25) is 16.6 Å². The van der Waals surface area contributed by atoms with Crippen molar-refractivity contribution in [3.63, 3.8) is 0 Å². The molecule has 1 aliphatic rings. The fraction of sp³-hybridized carbons (Fsp3) is 0.263. The molecule has 0 spiro atoms. The van der Waals surface area contributed by atoms with Crippen LogP contribution >= 0.6 is 31.9 Å². The molecule has 1 saturated heterocycles. The van der Waals surface area contributed by atoms with Crippen LogP contribution in [0.4, 0.5) is 0 Å². The van der Waals surface area contributed by atoms with Gasteiger partial charge in [0.05, 0.1) is 15.2 Å². The summed E-state index contributed by atoms with van der Waals surface area (Å²) in [4.78, 5) is 14.8. The molecule has 0 aromatic heterocycles. The van der Waals surface area contributed by atoms with E-state index in [0.29, 0.717) is 33.3 Å². The van der Waals surface area contributed by atoms with E-state index in [1.165, 1.54) is 28.7 Å². The fourth-order valence-electron chi connectivity index (χ4n) is 2.89. The van der Waals surface area contributed by atoms with Gasteiger partial charge >= 0.3 is 5.97 Å². The highest BCUT2D eigenvalue weighted by atomic mass is 79.9. The number of benzene rings is 2. The number of sulfonamides is 1. The quantitative estimate of drug-likeness (QED) is 0.359. The molecule has 31 heavy (non-hydrogen) atoms. The lowest BCUT2D eigenvalue weighted by molar-refractivity contribution is -0.142. The summed E-state index contributed by atoms with van der Waals surface area (Å²) >= 11 is 6.77. The Balaban J connectivity index is 1.83. The van der Waals surface area contributed by atoms with Gasteiger partial charge in [0.25, 0.3) is 0 Å². The van der Waals surface area contributed by atoms with E-state index in [0.717, 1.165) is 12.8 Å². The molecule has 0 aliphatic carbocycles. The summed E-state index contributed by atoms with van der Waals surface area (Å²) < 4.78 is 33.9. The van der Waals surface area contributed by atoms with Crippen molar-refractivity contribution in [2.75, 3.05) is 19.7 Å². The lowest BCUT2D eigenvalue weighted by Crippen LogP contribution is -2.27. The maximum atomic E-state index is 12.8. The highest BCUT2D eigenvalue weighted by Crippen LogP contribution is 2.39. The molecule has 166 valence electrons. The van der Waals surface area contributed by atoms with Crippen molar-refractivity contribution in [3.05, 3.63) is 44.8 Å². The third kappa shape index (κ3) is 5.76. The van der Waals surface area contributed by atoms with Gasteiger partial charge < -0.3 is 19.8 Å². The third-order valence-electron chi connectivity index (χ3n) is 4.32. The Morgan fingerprint density at radius 3 is 2.42 bits per heavy atom. The molecule has 2 aromatic rings. The van der Waals surface area contributed by atoms with Crippen molar-refractivity contribution in [1.29, 1.82) is 0 Å². The Kier molecular flexibility index (Phi) is 7.57. The standard InChI is InChI=1S/C19H18Br2N2O7S/c20-14-7-12(10-22-29-11-18(25)26)8-15(21)19(14)30-13-3-4-16(24)17(9-13)31(27,28)23-5-1-2-6-23/h3-4,7-10,24H,1-2,5-6,11H2,(H,25,26)/b22-10-. The van der Waals surface area contributed by atoms with Crippen molar-refractivity contribution in [2.45, 2.75) is 17.7 Å². The van der Waals surface area contributed by atoms with Gasteiger partial charge in [0, 0.05) is 19.2 Å². The molecule has 12 heteroatoms. The third-order valence-corrected chi connectivity index (χ3v) is 7.42. The summed E-state index contributed by atoms with van der Waals surface area (Å²) in [6.07, 6.45) is 2.91. The van der Waals surface area contributed by atoms with Crippen LogP contribution < -0.4 is 4.74 Å². The molecule has 0 radical (unpaired) electrons. The maximum Gasteiger partial charge on any atom is 0.344 e. The molecule has 2 N–H and O–H groups in total. The summed E-state index contributed by atoms with van der Waals surface area (Å²) in [6, 6.07) is 7.36. The number of oxime groups is 1. The van der Waals surface area contributed by atoms with E-state index >= 15 is 0 Å². The van der Waals surface area contributed by atoms with Crippen LogP contribution in [-0.2, 0) is 19.7 Å². The first kappa shape index (κ1) is 23.5. The highest BCUT2D eigenvalue weighted by Gasteiger charge is 2.30. The largest absolute Gasteiger partial charge is 0.507 e. The number of nitrogens with zero attached hydrogens (tertiary/aromatic N) is 2. The molecule has 0 bridgehead atoms. The Morgan fingerprint density at radius 1 is 1.16 bits per heavy atom. The fourth-order valence-corrected chi connectivity index (χ4v) is 5.89. The van der Waals surface area contributed by atoms with Gasteiger partial charge in [-0.15, -0.1) is 0 Å². The number of phenolic OH excluding ortho intramolecular Hbond substituents is 1. The van der Waals surface area contributed by atoms with E-state index in [4.69, 9.17) is 9.84 Å². The Morgan fingerprint density at radius 2 is 1.81 bits per heavy atom. The SMILES string of the molecule is O=C(O)CO/N=C\c1cc(Br)c(Oc2ccc(O)c(S(=O)(=O)N3CCCC3)c2)c(Br)c1. The average molecular weight is 578 g/mol. The van der Waals surface area contributed by atoms with Gasteiger partial charge in [-0.2, -0.15) is 4.31 Å². The lowest BCUT2D eigenvalue weighted by atomic mass is 10.2. The number of hydrogen-bond acceptors (Lipinski definition) is 7. The van der Waals surface area contributed by atoms with Crippen molar-refractivity contribution in [2.24, 2.45) is 5.16 Å². The number of rotatable bonds is 8. The van der Waals surface area contributed by atoms with Gasteiger partial charge in [-0.25, -0.2) is 13.2 Å². The van der Waals surface area contributed by atoms with Gasteiger partial charge in [-0.3, -0.25) is 0 Å². The molecule has 1 aliphatic heterocycles. The predicted octanol–water partition coefficient (Wildman–Crippen LogP) is 3.93. The molecule has 1 fully saturated rings. The number of aliphatic carboxylic acids is 1. The van der Waals surface area contributed by atoms with Crippen LogP contribution in [0.1, 0.15) is 18.4 Å². The summed E-state index contributed by atoms with van der Waals surface area (Å²) in [5.41, 5.74) is 0.597. The minimum Gasteiger partial charge on any atom is -0.507 e. The van der Waals surface area contributed by atoms with Crippen molar-refractivity contribution in [1.82, 2.24) is 4.31 Å². The second kappa shape index (κ2) is 9.98. The number of carboxylic acids is 1. The van der Waals surface area contributed by atoms with Crippen LogP contribution in [0.5, 0.6) is 17.2 Å². The van der Waals surface area contributed by atoms with E-state index in [-0.39, 0.29) is 16.4 Å². The number of aromatic hydroxyl groups is 1. The monoisotopic (exact) mass is 576 g/mol. The summed E-state index contributed by atoms with van der Waals surface area (Å²) in [5, 5.41) is 22.3. The zero-order valence-corrected chi connectivity index (χ0v) is 20.0. The molecule has 0 saturated carbocycles. The molecule has 0 atom stereocenters. The average Bonchev–Trinajstić information content (AvgIpc) is 3.25. The normalized spacial score (nSPS) is 14.8. The van der Waals surface area contributed by atoms with Crippen LogP contribution in [0.3, 0.4) is 0 Å². The number of ether oxygens (including phenoxy) is 1. The summed E-state index contributed by atoms with van der Waals surface area (Å²) in [6.45, 7) is 0.288. The highest BCUT2D eigenvalue weighted by molar-refractivity contribution is 9.11. The number of hydrogen-bond donors (Lipinski definition) is 2. The summed E-state index contributed by atoms with van der Waals surface area (Å²) in [7, 11) is -3.82. The Hall–Kier alpha value is -2.15. The first-order valence-electron chi connectivity index (χ1n) is 9.05. The first-order chi connectivity index (χ1) is 14.7. The minimum atomic E-state index is -3.82. The Bertz CT molecular complexity index is 1090. The van der Waals surface area contributed by atoms with E-state index in [2.05, 4.69) is 41.9 Å². The molecule has 9 nitrogen and oxygen atoms in total. The molecule has 0 amide bonds. The second-order valence-electron chi connectivity index (χ2n) is 6.56. The zero-order valence-electron chi connectivity index (χ0n) is 16.0. The molecule has 3 rings (SSSR count). The van der Waals surface area contributed by atoms with E-state index in [9.17, 15) is 18.3 Å². The van der Waals surface area contributed by atoms with Crippen LogP contribution in [0.15, 0.2) is 49.3 Å². The van der Waals surface area contributed by atoms with Gasteiger partial charge in [0.1, 0.15) is 16.4 Å². The molecular weight excluding hydrogens is 560 g/mol. The zero-order chi connectivity index (χ0) is 22.6. The van der Waals surface area contributed by atoms with Crippen molar-refractivity contribution in [3.8, 4) is 17.2 Å². The van der Waals surface area contributed by atoms with Crippen LogP contribution in [0.2, 0.25) is 0 Å². The van der Waals surface area contributed by atoms with Crippen LogP contribution in [-0.4, -0.2) is 54.8 Å². The number of halogens is 2. The predicted molar refractivity (Wildman–Crippen MR) is 119 cm³/mol. The van der Waals surface area contributed by atoms with E-state index in [1.807, 2.05) is 0 Å². The number of carboxylic acid groups (broad SMARTS) is 1. The van der Waals surface area contributed by atoms with Gasteiger partial charge in [-0.05, 0) is 74.5 Å². The first-order valence-corrected chi connectivity index (χ1v) is 12.1. The molecule has 1 heterocycles. The smallest absolute Gasteiger partial charge is 0.344 e. The number of phenols is 1. The second-order valence-corrected chi connectivity index (χ2v) is 10.2. The van der Waals surface area contributed by atoms with Crippen molar-refractivity contribution >= 4 is 54.1 Å². The van der Waals surface area contributed by atoms with E-state index in [1.54, 1.807) is 12.1 Å². The van der Waals surface area contributed by atoms with E-state index < -0.39 is 22.6 Å². The maximum absolute atomic E-state index is 12.8. The minimum absolute atomic E-state index is 0.210. The topological polar surface area (TPSA) is 126 Å². The van der Waals surface area contributed by atoms with Crippen LogP contribution in [0.25, 0.3) is 0 Å². The number of carbonyl (C=O) groups is 1. The van der Waals surface area contributed by atoms with Gasteiger partial charge in [0.15, 0.2) is 5.75 Å².